The van der Waals surface area contributed by atoms with E-state index >= 15 is 0 Å². The first-order valence-electron chi connectivity index (χ1n) is 5.18. The minimum absolute atomic E-state index is 0.142. The van der Waals surface area contributed by atoms with Gasteiger partial charge in [-0.2, -0.15) is 12.7 Å². The molecule has 0 atom stereocenters. The molecule has 0 aliphatic carbocycles. The van der Waals surface area contributed by atoms with Crippen molar-refractivity contribution in [1.29, 1.82) is 0 Å². The lowest BCUT2D eigenvalue weighted by Gasteiger charge is -2.20. The summed E-state index contributed by atoms with van der Waals surface area (Å²) in [6.07, 6.45) is 1.46. The van der Waals surface area contributed by atoms with Gasteiger partial charge in [0, 0.05) is 13.1 Å². The molecule has 1 aromatic rings. The monoisotopic (exact) mass is 289 g/mol. The zero-order valence-electron chi connectivity index (χ0n) is 10.3. The first-order chi connectivity index (χ1) is 8.36. The highest BCUT2D eigenvalue weighted by atomic mass is 32.2. The maximum absolute atomic E-state index is 11.9. The van der Waals surface area contributed by atoms with Crippen molar-refractivity contribution in [2.24, 2.45) is 0 Å². The van der Waals surface area contributed by atoms with Gasteiger partial charge in [-0.05, 0) is 13.8 Å². The second-order valence-corrected chi connectivity index (χ2v) is 6.47. The molecule has 0 bridgehead atoms. The summed E-state index contributed by atoms with van der Waals surface area (Å²) in [5.41, 5.74) is 0. The van der Waals surface area contributed by atoms with E-state index in [1.165, 1.54) is 17.5 Å². The molecule has 0 aliphatic rings. The second kappa shape index (κ2) is 6.15. The number of rotatable bonds is 4. The Morgan fingerprint density at radius 2 is 2.28 bits per heavy atom. The van der Waals surface area contributed by atoms with Gasteiger partial charge >= 0.3 is 10.2 Å². The molecule has 0 spiro atoms. The molecule has 2 N–H and O–H groups in total. The molecule has 0 saturated heterocycles. The van der Waals surface area contributed by atoms with Crippen LogP contribution >= 0.6 is 11.3 Å². The summed E-state index contributed by atoms with van der Waals surface area (Å²) in [5.74, 6) is 5.13. The van der Waals surface area contributed by atoms with Gasteiger partial charge < -0.3 is 5.11 Å². The predicted molar refractivity (Wildman–Crippen MR) is 71.5 cm³/mol. The molecule has 0 aliphatic heterocycles. The quantitative estimate of drug-likeness (QED) is 0.790. The molecule has 0 unspecified atom stereocenters. The van der Waals surface area contributed by atoms with E-state index < -0.39 is 10.2 Å². The van der Waals surface area contributed by atoms with E-state index in [2.05, 4.69) is 21.5 Å². The van der Waals surface area contributed by atoms with E-state index in [9.17, 15) is 8.42 Å². The Bertz CT molecular complexity index is 554. The lowest BCUT2D eigenvalue weighted by Crippen LogP contribution is -2.37. The summed E-state index contributed by atoms with van der Waals surface area (Å²) in [7, 11) is -2.09. The number of anilines is 1. The van der Waals surface area contributed by atoms with Crippen LogP contribution < -0.4 is 4.72 Å². The summed E-state index contributed by atoms with van der Waals surface area (Å²) in [6.45, 7) is 3.31. The fraction of sp³-hybridized carbons (Fsp3) is 0.500. The summed E-state index contributed by atoms with van der Waals surface area (Å²) in [4.78, 5) is 4.51. The Labute approximate surface area is 111 Å². The van der Waals surface area contributed by atoms with Gasteiger partial charge in [0.15, 0.2) is 5.13 Å². The van der Waals surface area contributed by atoms with Crippen LogP contribution in [0, 0.1) is 11.8 Å². The van der Waals surface area contributed by atoms with Gasteiger partial charge in [-0.15, -0.1) is 0 Å². The molecular formula is C10H15N3O3S2. The van der Waals surface area contributed by atoms with Gasteiger partial charge in [-0.3, -0.25) is 0 Å². The molecule has 6 nitrogen and oxygen atoms in total. The highest BCUT2D eigenvalue weighted by Gasteiger charge is 2.21. The van der Waals surface area contributed by atoms with Crippen LogP contribution in [0.2, 0.25) is 0 Å². The summed E-state index contributed by atoms with van der Waals surface area (Å²) >= 11 is 1.12. The summed E-state index contributed by atoms with van der Waals surface area (Å²) < 4.78 is 27.3. The highest BCUT2D eigenvalue weighted by molar-refractivity contribution is 7.90. The zero-order chi connectivity index (χ0) is 13.8. The molecule has 0 radical (unpaired) electrons. The SMILES string of the molecule is CC(C)N(C)S(=O)(=O)Nc1ncc(C#CCO)s1. The number of aromatic nitrogens is 1. The fourth-order valence-corrected chi connectivity index (χ4v) is 2.96. The minimum atomic E-state index is -3.59. The Hall–Kier alpha value is -1.14. The highest BCUT2D eigenvalue weighted by Crippen LogP contribution is 2.19. The van der Waals surface area contributed by atoms with E-state index in [0.29, 0.717) is 4.88 Å². The summed E-state index contributed by atoms with van der Waals surface area (Å²) in [6, 6.07) is -0.142. The van der Waals surface area contributed by atoms with Gasteiger partial charge in [0.2, 0.25) is 0 Å². The standard InChI is InChI=1S/C10H15N3O3S2/c1-8(2)13(3)18(15,16)12-10-11-7-9(17-10)5-4-6-14/h7-8,14H,6H2,1-3H3,(H,11,12). The molecule has 100 valence electrons. The summed E-state index contributed by atoms with van der Waals surface area (Å²) in [5, 5.41) is 8.80. The topological polar surface area (TPSA) is 82.5 Å². The van der Waals surface area contributed by atoms with Crippen molar-refractivity contribution in [2.45, 2.75) is 19.9 Å². The fourth-order valence-electron chi connectivity index (χ4n) is 0.966. The third-order valence-electron chi connectivity index (χ3n) is 2.12. The third-order valence-corrected chi connectivity index (χ3v) is 4.71. The van der Waals surface area contributed by atoms with Crippen LogP contribution in [-0.4, -0.2) is 42.5 Å². The number of hydrogen-bond donors (Lipinski definition) is 2. The third kappa shape index (κ3) is 3.96. The van der Waals surface area contributed by atoms with Gasteiger partial charge in [0.05, 0.1) is 11.1 Å². The molecule has 18 heavy (non-hydrogen) atoms. The number of thiazole rings is 1. The Kier molecular flexibility index (Phi) is 5.10. The van der Waals surface area contributed by atoms with Gasteiger partial charge in [0.1, 0.15) is 6.61 Å². The maximum atomic E-state index is 11.9. The van der Waals surface area contributed by atoms with Crippen LogP contribution in [0.1, 0.15) is 18.7 Å². The van der Waals surface area contributed by atoms with E-state index in [0.717, 1.165) is 11.3 Å². The predicted octanol–water partition coefficient (Wildman–Crippen LogP) is 0.484. The van der Waals surface area contributed by atoms with Gasteiger partial charge in [-0.1, -0.05) is 23.2 Å². The van der Waals surface area contributed by atoms with Crippen molar-refractivity contribution >= 4 is 26.7 Å². The number of hydrogen-bond acceptors (Lipinski definition) is 5. The number of aliphatic hydroxyl groups excluding tert-OH is 1. The van der Waals surface area contributed by atoms with Crippen molar-refractivity contribution in [3.05, 3.63) is 11.1 Å². The molecule has 0 aromatic carbocycles. The number of nitrogens with one attached hydrogen (secondary N) is 1. The van der Waals surface area contributed by atoms with Crippen LogP contribution in [0.25, 0.3) is 0 Å². The average Bonchev–Trinajstić information content (AvgIpc) is 2.72. The molecule has 1 aromatic heterocycles. The zero-order valence-corrected chi connectivity index (χ0v) is 12.0. The first kappa shape index (κ1) is 14.9. The normalized spacial score (nSPS) is 11.4. The van der Waals surface area contributed by atoms with E-state index in [-0.39, 0.29) is 17.8 Å². The van der Waals surface area contributed by atoms with E-state index in [1.807, 2.05) is 0 Å². The van der Waals surface area contributed by atoms with E-state index in [1.54, 1.807) is 13.8 Å². The van der Waals surface area contributed by atoms with E-state index in [4.69, 9.17) is 5.11 Å². The lowest BCUT2D eigenvalue weighted by atomic mass is 10.4. The molecular weight excluding hydrogens is 274 g/mol. The van der Waals surface area contributed by atoms with Crippen molar-refractivity contribution in [1.82, 2.24) is 9.29 Å². The number of aliphatic hydroxyl groups is 1. The van der Waals surface area contributed by atoms with Crippen LogP contribution in [-0.2, 0) is 10.2 Å². The molecule has 0 saturated carbocycles. The van der Waals surface area contributed by atoms with Crippen LogP contribution in [0.15, 0.2) is 6.20 Å². The van der Waals surface area contributed by atoms with Crippen molar-refractivity contribution in [2.75, 3.05) is 18.4 Å². The van der Waals surface area contributed by atoms with Crippen LogP contribution in [0.5, 0.6) is 0 Å². The van der Waals surface area contributed by atoms with Crippen LogP contribution in [0.4, 0.5) is 5.13 Å². The average molecular weight is 289 g/mol. The second-order valence-electron chi connectivity index (χ2n) is 3.71. The molecule has 0 fully saturated rings. The van der Waals surface area contributed by atoms with Crippen LogP contribution in [0.3, 0.4) is 0 Å². The molecule has 1 rings (SSSR count). The van der Waals surface area contributed by atoms with Gasteiger partial charge in [-0.25, -0.2) is 9.71 Å². The Morgan fingerprint density at radius 1 is 1.61 bits per heavy atom. The molecule has 0 amide bonds. The smallest absolute Gasteiger partial charge is 0.303 e. The Balaban J connectivity index is 2.82. The molecule has 8 heteroatoms. The lowest BCUT2D eigenvalue weighted by molar-refractivity contribution is 0.350. The largest absolute Gasteiger partial charge is 0.384 e. The molecule has 1 heterocycles. The minimum Gasteiger partial charge on any atom is -0.384 e. The Morgan fingerprint density at radius 3 is 2.83 bits per heavy atom. The van der Waals surface area contributed by atoms with Crippen molar-refractivity contribution < 1.29 is 13.5 Å². The maximum Gasteiger partial charge on any atom is 0.303 e. The van der Waals surface area contributed by atoms with Crippen molar-refractivity contribution in [3.8, 4) is 11.8 Å². The number of nitrogens with zero attached hydrogens (tertiary/aromatic N) is 2. The first-order valence-corrected chi connectivity index (χ1v) is 7.44. The van der Waals surface area contributed by atoms with Crippen molar-refractivity contribution in [3.63, 3.8) is 0 Å². The van der Waals surface area contributed by atoms with Gasteiger partial charge in [0.25, 0.3) is 0 Å².